The van der Waals surface area contributed by atoms with Crippen molar-refractivity contribution in [1.29, 1.82) is 0 Å². The molecule has 1 heteroatoms. The van der Waals surface area contributed by atoms with Crippen LogP contribution >= 0.6 is 0 Å². The quantitative estimate of drug-likeness (QED) is 0.640. The Kier molecular flexibility index (Phi) is 5.44. The van der Waals surface area contributed by atoms with Crippen LogP contribution in [0.25, 0.3) is 0 Å². The number of benzene rings is 1. The zero-order valence-electron chi connectivity index (χ0n) is 11.5. The molecule has 0 saturated carbocycles. The molecule has 1 aromatic rings. The van der Waals surface area contributed by atoms with Gasteiger partial charge in [0.15, 0.2) is 0 Å². The molecule has 0 aliphatic rings. The second-order valence-corrected chi connectivity index (χ2v) is 4.77. The largest absolute Gasteiger partial charge is 0.489 e. The predicted octanol–water partition coefficient (Wildman–Crippen LogP) is 4.49. The highest BCUT2D eigenvalue weighted by atomic mass is 16.5. The molecule has 0 saturated heterocycles. The standard InChI is InChI=1S/C17H22O/c1-6-10-18-17-15(11-13(2)3)8-7-9-16(17)12-14(4)5/h6-9H,1-2,4,10-12H2,3,5H3. The first kappa shape index (κ1) is 14.3. The molecule has 1 nitrogen and oxygen atoms in total. The maximum Gasteiger partial charge on any atom is 0.126 e. The average Bonchev–Trinajstić information content (AvgIpc) is 2.26. The molecule has 0 aromatic heterocycles. The summed E-state index contributed by atoms with van der Waals surface area (Å²) in [6, 6.07) is 6.25. The summed E-state index contributed by atoms with van der Waals surface area (Å²) in [5, 5.41) is 0. The molecule has 0 spiro atoms. The van der Waals surface area contributed by atoms with Crippen LogP contribution in [0.4, 0.5) is 0 Å². The van der Waals surface area contributed by atoms with Gasteiger partial charge in [-0.3, -0.25) is 0 Å². The molecule has 0 atom stereocenters. The van der Waals surface area contributed by atoms with Crippen LogP contribution in [-0.2, 0) is 12.8 Å². The van der Waals surface area contributed by atoms with E-state index in [4.69, 9.17) is 4.74 Å². The fourth-order valence-electron chi connectivity index (χ4n) is 1.89. The molecule has 0 aliphatic carbocycles. The molecule has 1 rings (SSSR count). The molecule has 0 radical (unpaired) electrons. The lowest BCUT2D eigenvalue weighted by Gasteiger charge is -2.15. The zero-order chi connectivity index (χ0) is 13.5. The summed E-state index contributed by atoms with van der Waals surface area (Å²) < 4.78 is 5.82. The van der Waals surface area contributed by atoms with Crippen LogP contribution < -0.4 is 4.74 Å². The zero-order valence-corrected chi connectivity index (χ0v) is 11.5. The fraction of sp³-hybridized carbons (Fsp3) is 0.294. The maximum atomic E-state index is 5.82. The van der Waals surface area contributed by atoms with Crippen LogP contribution in [0.1, 0.15) is 25.0 Å². The van der Waals surface area contributed by atoms with Crippen molar-refractivity contribution < 1.29 is 4.74 Å². The monoisotopic (exact) mass is 242 g/mol. The Morgan fingerprint density at radius 2 is 1.61 bits per heavy atom. The van der Waals surface area contributed by atoms with Gasteiger partial charge < -0.3 is 4.74 Å². The van der Waals surface area contributed by atoms with Crippen molar-refractivity contribution >= 4 is 0 Å². The first-order chi connectivity index (χ1) is 8.54. The van der Waals surface area contributed by atoms with Gasteiger partial charge in [-0.1, -0.05) is 55.2 Å². The van der Waals surface area contributed by atoms with Crippen molar-refractivity contribution in [3.8, 4) is 5.75 Å². The smallest absolute Gasteiger partial charge is 0.126 e. The minimum absolute atomic E-state index is 0.524. The maximum absolute atomic E-state index is 5.82. The van der Waals surface area contributed by atoms with Gasteiger partial charge in [-0.05, 0) is 37.8 Å². The second-order valence-electron chi connectivity index (χ2n) is 4.77. The van der Waals surface area contributed by atoms with E-state index in [0.717, 1.165) is 29.7 Å². The van der Waals surface area contributed by atoms with E-state index in [2.05, 4.69) is 37.9 Å². The number of hydrogen-bond donors (Lipinski definition) is 0. The van der Waals surface area contributed by atoms with Gasteiger partial charge >= 0.3 is 0 Å². The molecule has 0 amide bonds. The first-order valence-electron chi connectivity index (χ1n) is 6.17. The van der Waals surface area contributed by atoms with Gasteiger partial charge in [0.1, 0.15) is 12.4 Å². The van der Waals surface area contributed by atoms with Crippen molar-refractivity contribution in [2.75, 3.05) is 6.61 Å². The molecule has 0 fully saturated rings. The lowest BCUT2D eigenvalue weighted by Crippen LogP contribution is -2.02. The third-order valence-corrected chi connectivity index (χ3v) is 2.51. The Balaban J connectivity index is 3.10. The number of hydrogen-bond acceptors (Lipinski definition) is 1. The van der Waals surface area contributed by atoms with Gasteiger partial charge in [0.25, 0.3) is 0 Å². The molecule has 96 valence electrons. The van der Waals surface area contributed by atoms with E-state index in [9.17, 15) is 0 Å². The average molecular weight is 242 g/mol. The summed E-state index contributed by atoms with van der Waals surface area (Å²) in [4.78, 5) is 0. The van der Waals surface area contributed by atoms with Crippen molar-refractivity contribution in [3.63, 3.8) is 0 Å². The molecular formula is C17H22O. The number of ether oxygens (including phenoxy) is 1. The van der Waals surface area contributed by atoms with Crippen molar-refractivity contribution in [2.45, 2.75) is 26.7 Å². The Morgan fingerprint density at radius 1 is 1.11 bits per heavy atom. The van der Waals surface area contributed by atoms with Gasteiger partial charge in [-0.25, -0.2) is 0 Å². The van der Waals surface area contributed by atoms with Gasteiger partial charge in [-0.2, -0.15) is 0 Å². The minimum Gasteiger partial charge on any atom is -0.489 e. The molecule has 0 heterocycles. The van der Waals surface area contributed by atoms with E-state index in [1.165, 1.54) is 11.1 Å². The molecular weight excluding hydrogens is 220 g/mol. The lowest BCUT2D eigenvalue weighted by atomic mass is 9.99. The van der Waals surface area contributed by atoms with Crippen molar-refractivity contribution in [2.24, 2.45) is 0 Å². The van der Waals surface area contributed by atoms with E-state index in [1.54, 1.807) is 6.08 Å². The Bertz CT molecular complexity index is 420. The molecule has 0 unspecified atom stereocenters. The van der Waals surface area contributed by atoms with E-state index in [1.807, 2.05) is 13.8 Å². The summed E-state index contributed by atoms with van der Waals surface area (Å²) in [5.41, 5.74) is 4.63. The van der Waals surface area contributed by atoms with Crippen LogP contribution in [0.3, 0.4) is 0 Å². The van der Waals surface area contributed by atoms with E-state index >= 15 is 0 Å². The van der Waals surface area contributed by atoms with Crippen molar-refractivity contribution in [3.05, 3.63) is 66.3 Å². The Morgan fingerprint density at radius 3 is 2.00 bits per heavy atom. The van der Waals surface area contributed by atoms with Crippen LogP contribution in [0.2, 0.25) is 0 Å². The van der Waals surface area contributed by atoms with Gasteiger partial charge in [0, 0.05) is 0 Å². The number of allylic oxidation sites excluding steroid dienone is 2. The van der Waals surface area contributed by atoms with Crippen LogP contribution in [0.15, 0.2) is 55.2 Å². The number of rotatable bonds is 7. The summed E-state index contributed by atoms with van der Waals surface area (Å²) in [6.45, 7) is 16.2. The SMILES string of the molecule is C=CCOc1c(CC(=C)C)cccc1CC(=C)C. The highest BCUT2D eigenvalue weighted by Crippen LogP contribution is 2.28. The van der Waals surface area contributed by atoms with Crippen LogP contribution in [0.5, 0.6) is 5.75 Å². The molecule has 0 N–H and O–H groups in total. The van der Waals surface area contributed by atoms with E-state index in [0.29, 0.717) is 6.61 Å². The first-order valence-corrected chi connectivity index (χ1v) is 6.17. The van der Waals surface area contributed by atoms with E-state index in [-0.39, 0.29) is 0 Å². The van der Waals surface area contributed by atoms with Gasteiger partial charge in [0.2, 0.25) is 0 Å². The van der Waals surface area contributed by atoms with Gasteiger partial charge in [-0.15, -0.1) is 0 Å². The Hall–Kier alpha value is -1.76. The van der Waals surface area contributed by atoms with Crippen LogP contribution in [0, 0.1) is 0 Å². The summed E-state index contributed by atoms with van der Waals surface area (Å²) in [6.07, 6.45) is 3.45. The molecule has 0 aliphatic heterocycles. The highest BCUT2D eigenvalue weighted by molar-refractivity contribution is 5.44. The molecule has 18 heavy (non-hydrogen) atoms. The molecule has 0 bridgehead atoms. The fourth-order valence-corrected chi connectivity index (χ4v) is 1.89. The summed E-state index contributed by atoms with van der Waals surface area (Å²) in [7, 11) is 0. The lowest BCUT2D eigenvalue weighted by molar-refractivity contribution is 0.356. The summed E-state index contributed by atoms with van der Waals surface area (Å²) >= 11 is 0. The topological polar surface area (TPSA) is 9.23 Å². The second kappa shape index (κ2) is 6.85. The normalized spacial score (nSPS) is 9.89. The Labute approximate surface area is 110 Å². The third kappa shape index (κ3) is 4.25. The van der Waals surface area contributed by atoms with Crippen LogP contribution in [-0.4, -0.2) is 6.61 Å². The predicted molar refractivity (Wildman–Crippen MR) is 79.2 cm³/mol. The molecule has 1 aromatic carbocycles. The number of para-hydroxylation sites is 1. The van der Waals surface area contributed by atoms with Gasteiger partial charge in [0.05, 0.1) is 0 Å². The third-order valence-electron chi connectivity index (χ3n) is 2.51. The summed E-state index contributed by atoms with van der Waals surface area (Å²) in [5.74, 6) is 0.961. The highest BCUT2D eigenvalue weighted by Gasteiger charge is 2.09. The van der Waals surface area contributed by atoms with Crippen molar-refractivity contribution in [1.82, 2.24) is 0 Å². The van der Waals surface area contributed by atoms with E-state index < -0.39 is 0 Å². The minimum atomic E-state index is 0.524.